The van der Waals surface area contributed by atoms with E-state index in [1.165, 1.54) is 17.7 Å². The van der Waals surface area contributed by atoms with Gasteiger partial charge in [0.15, 0.2) is 4.80 Å². The van der Waals surface area contributed by atoms with Gasteiger partial charge in [0, 0.05) is 5.56 Å². The van der Waals surface area contributed by atoms with Crippen LogP contribution >= 0.6 is 11.3 Å². The van der Waals surface area contributed by atoms with Crippen LogP contribution in [0.2, 0.25) is 0 Å². The Labute approximate surface area is 163 Å². The molecule has 0 radical (unpaired) electrons. The maximum Gasteiger partial charge on any atom is 0.325 e. The largest absolute Gasteiger partial charge is 0.468 e. The van der Waals surface area contributed by atoms with Crippen LogP contribution in [-0.2, 0) is 16.1 Å². The number of nitrogens with zero attached hydrogens (tertiary/aromatic N) is 2. The summed E-state index contributed by atoms with van der Waals surface area (Å²) in [6, 6.07) is 17.6. The number of methoxy groups -OCH3 is 1. The van der Waals surface area contributed by atoms with Gasteiger partial charge in [-0.3, -0.25) is 9.59 Å². The summed E-state index contributed by atoms with van der Waals surface area (Å²) in [5.41, 5.74) is 0.643. The molecule has 0 bridgehead atoms. The molecule has 4 rings (SSSR count). The second-order valence-electron chi connectivity index (χ2n) is 6.11. The zero-order valence-electron chi connectivity index (χ0n) is 14.9. The number of halogens is 1. The number of para-hydroxylation sites is 1. The van der Waals surface area contributed by atoms with Crippen molar-refractivity contribution in [3.05, 3.63) is 76.8 Å². The number of rotatable bonds is 3. The van der Waals surface area contributed by atoms with Gasteiger partial charge in [-0.1, -0.05) is 47.7 Å². The Morgan fingerprint density at radius 2 is 1.86 bits per heavy atom. The summed E-state index contributed by atoms with van der Waals surface area (Å²) in [7, 11) is 1.25. The lowest BCUT2D eigenvalue weighted by Gasteiger charge is -2.04. The first kappa shape index (κ1) is 18.1. The third-order valence-electron chi connectivity index (χ3n) is 4.36. The van der Waals surface area contributed by atoms with Crippen LogP contribution in [-0.4, -0.2) is 23.6 Å². The Bertz CT molecular complexity index is 1290. The molecular weight excluding hydrogens is 379 g/mol. The van der Waals surface area contributed by atoms with Crippen molar-refractivity contribution in [3.63, 3.8) is 0 Å². The van der Waals surface area contributed by atoms with Gasteiger partial charge in [0.2, 0.25) is 0 Å². The third kappa shape index (κ3) is 3.32. The summed E-state index contributed by atoms with van der Waals surface area (Å²) in [5.74, 6) is -1.50. The molecule has 0 fully saturated rings. The molecule has 28 heavy (non-hydrogen) atoms. The van der Waals surface area contributed by atoms with Gasteiger partial charge in [0.25, 0.3) is 5.91 Å². The molecule has 5 nitrogen and oxygen atoms in total. The minimum absolute atomic E-state index is 0.225. The fourth-order valence-corrected chi connectivity index (χ4v) is 4.03. The van der Waals surface area contributed by atoms with Crippen LogP contribution in [0, 0.1) is 5.82 Å². The number of ether oxygens (including phenoxy) is 1. The quantitative estimate of drug-likeness (QED) is 0.495. The Kier molecular flexibility index (Phi) is 4.75. The molecule has 4 aromatic rings. The Hall–Kier alpha value is -3.32. The number of aromatic nitrogens is 1. The summed E-state index contributed by atoms with van der Waals surface area (Å²) < 4.78 is 21.0. The summed E-state index contributed by atoms with van der Waals surface area (Å²) >= 11 is 1.14. The minimum atomic E-state index is -0.553. The fraction of sp³-hybridized carbons (Fsp3) is 0.0952. The lowest BCUT2D eigenvalue weighted by atomic mass is 10.1. The van der Waals surface area contributed by atoms with Crippen LogP contribution < -0.4 is 4.80 Å². The average molecular weight is 394 g/mol. The molecule has 3 aromatic carbocycles. The highest BCUT2D eigenvalue weighted by molar-refractivity contribution is 7.16. The van der Waals surface area contributed by atoms with Gasteiger partial charge in [-0.2, -0.15) is 4.99 Å². The third-order valence-corrected chi connectivity index (χ3v) is 5.40. The molecule has 140 valence electrons. The van der Waals surface area contributed by atoms with Crippen molar-refractivity contribution >= 4 is 44.2 Å². The molecular formula is C21H15FN2O3S. The van der Waals surface area contributed by atoms with Gasteiger partial charge in [-0.15, -0.1) is 0 Å². The number of carbonyl (C=O) groups excluding carboxylic acids is 2. The van der Waals surface area contributed by atoms with Crippen molar-refractivity contribution in [1.82, 2.24) is 4.57 Å². The van der Waals surface area contributed by atoms with Crippen LogP contribution in [0.25, 0.3) is 21.0 Å². The molecule has 0 N–H and O–H groups in total. The zero-order valence-corrected chi connectivity index (χ0v) is 15.7. The predicted octanol–water partition coefficient (Wildman–Crippen LogP) is 3.91. The molecule has 1 heterocycles. The van der Waals surface area contributed by atoms with Crippen molar-refractivity contribution in [1.29, 1.82) is 0 Å². The average Bonchev–Trinajstić information content (AvgIpc) is 3.05. The van der Waals surface area contributed by atoms with Gasteiger partial charge in [-0.05, 0) is 35.0 Å². The van der Waals surface area contributed by atoms with E-state index in [1.807, 2.05) is 30.3 Å². The molecule has 0 spiro atoms. The number of esters is 1. The lowest BCUT2D eigenvalue weighted by Crippen LogP contribution is -2.22. The first-order valence-electron chi connectivity index (χ1n) is 8.49. The summed E-state index contributed by atoms with van der Waals surface area (Å²) in [5, 5.41) is 1.94. The molecule has 0 saturated carbocycles. The minimum Gasteiger partial charge on any atom is -0.468 e. The number of amides is 1. The van der Waals surface area contributed by atoms with Crippen LogP contribution in [0.3, 0.4) is 0 Å². The van der Waals surface area contributed by atoms with E-state index in [4.69, 9.17) is 4.74 Å². The molecule has 0 saturated heterocycles. The van der Waals surface area contributed by atoms with Crippen molar-refractivity contribution in [2.75, 3.05) is 7.11 Å². The monoisotopic (exact) mass is 394 g/mol. The zero-order chi connectivity index (χ0) is 19.7. The molecule has 0 atom stereocenters. The Morgan fingerprint density at radius 3 is 2.64 bits per heavy atom. The van der Waals surface area contributed by atoms with Gasteiger partial charge in [0.1, 0.15) is 12.4 Å². The molecule has 1 amide bonds. The first-order valence-corrected chi connectivity index (χ1v) is 9.31. The van der Waals surface area contributed by atoms with E-state index in [9.17, 15) is 14.0 Å². The first-order chi connectivity index (χ1) is 13.6. The number of fused-ring (bicyclic) bond motifs is 2. The van der Waals surface area contributed by atoms with E-state index in [2.05, 4.69) is 4.99 Å². The maximum atomic E-state index is 14.4. The number of benzene rings is 3. The highest BCUT2D eigenvalue weighted by Gasteiger charge is 2.15. The Morgan fingerprint density at radius 1 is 1.07 bits per heavy atom. The SMILES string of the molecule is COC(=O)Cn1c(=NC(=O)c2ccc3ccccc3c2)sc2cccc(F)c21. The van der Waals surface area contributed by atoms with Crippen LogP contribution in [0.15, 0.2) is 65.7 Å². The van der Waals surface area contributed by atoms with Gasteiger partial charge in [-0.25, -0.2) is 4.39 Å². The molecule has 7 heteroatoms. The van der Waals surface area contributed by atoms with Crippen LogP contribution in [0.1, 0.15) is 10.4 Å². The number of hydrogen-bond acceptors (Lipinski definition) is 4. The van der Waals surface area contributed by atoms with E-state index in [0.29, 0.717) is 10.3 Å². The van der Waals surface area contributed by atoms with Crippen molar-refractivity contribution in [2.45, 2.75) is 6.54 Å². The summed E-state index contributed by atoms with van der Waals surface area (Å²) in [6.45, 7) is -0.235. The van der Waals surface area contributed by atoms with E-state index < -0.39 is 17.7 Å². The number of hydrogen-bond donors (Lipinski definition) is 0. The topological polar surface area (TPSA) is 60.7 Å². The Balaban J connectivity index is 1.85. The molecule has 0 unspecified atom stereocenters. The number of thiazole rings is 1. The summed E-state index contributed by atoms with van der Waals surface area (Å²) in [4.78, 5) is 29.0. The molecule has 0 aliphatic rings. The number of carbonyl (C=O) groups is 2. The smallest absolute Gasteiger partial charge is 0.325 e. The lowest BCUT2D eigenvalue weighted by molar-refractivity contribution is -0.141. The van der Waals surface area contributed by atoms with Crippen molar-refractivity contribution < 1.29 is 18.7 Å². The molecule has 0 aliphatic heterocycles. The van der Waals surface area contributed by atoms with E-state index in [-0.39, 0.29) is 16.9 Å². The predicted molar refractivity (Wildman–Crippen MR) is 106 cm³/mol. The molecule has 0 aliphatic carbocycles. The van der Waals surface area contributed by atoms with E-state index >= 15 is 0 Å². The molecule has 1 aromatic heterocycles. The fourth-order valence-electron chi connectivity index (χ4n) is 2.99. The summed E-state index contributed by atoms with van der Waals surface area (Å²) in [6.07, 6.45) is 0. The van der Waals surface area contributed by atoms with Crippen molar-refractivity contribution in [2.24, 2.45) is 4.99 Å². The second-order valence-corrected chi connectivity index (χ2v) is 7.12. The van der Waals surface area contributed by atoms with Crippen LogP contribution in [0.5, 0.6) is 0 Å². The van der Waals surface area contributed by atoms with E-state index in [0.717, 1.165) is 22.1 Å². The highest BCUT2D eigenvalue weighted by atomic mass is 32.1. The maximum absolute atomic E-state index is 14.4. The second kappa shape index (κ2) is 7.36. The highest BCUT2D eigenvalue weighted by Crippen LogP contribution is 2.21. The van der Waals surface area contributed by atoms with Gasteiger partial charge in [0.05, 0.1) is 17.3 Å². The van der Waals surface area contributed by atoms with Gasteiger partial charge >= 0.3 is 5.97 Å². The normalized spacial score (nSPS) is 11.9. The van der Waals surface area contributed by atoms with Gasteiger partial charge < -0.3 is 9.30 Å². The van der Waals surface area contributed by atoms with Crippen molar-refractivity contribution in [3.8, 4) is 0 Å². The van der Waals surface area contributed by atoms with Crippen LogP contribution in [0.4, 0.5) is 4.39 Å². The standard InChI is InChI=1S/C21H15FN2O3S/c1-27-18(25)12-24-19-16(22)7-4-8-17(19)28-21(24)23-20(26)15-10-9-13-5-2-3-6-14(13)11-15/h2-11H,12H2,1H3. The van der Waals surface area contributed by atoms with E-state index in [1.54, 1.807) is 24.3 Å².